The van der Waals surface area contributed by atoms with Crippen LogP contribution < -0.4 is 5.32 Å². The number of ether oxygens (including phenoxy) is 1. The van der Waals surface area contributed by atoms with Crippen molar-refractivity contribution in [3.8, 4) is 5.75 Å². The van der Waals surface area contributed by atoms with E-state index in [0.717, 1.165) is 0 Å². The number of phenolic OH excluding ortho intramolecular Hbond substituents is 1. The summed E-state index contributed by atoms with van der Waals surface area (Å²) in [5.74, 6) is -2.02. The summed E-state index contributed by atoms with van der Waals surface area (Å²) >= 11 is 5.67. The predicted octanol–water partition coefficient (Wildman–Crippen LogP) is 2.70. The summed E-state index contributed by atoms with van der Waals surface area (Å²) in [6, 6.07) is 10.2. The molecular weight excluding hydrogens is 337 g/mol. The van der Waals surface area contributed by atoms with E-state index in [4.69, 9.17) is 16.3 Å². The molecule has 0 aliphatic carbocycles. The van der Waals surface area contributed by atoms with Gasteiger partial charge in [0.1, 0.15) is 17.1 Å². The van der Waals surface area contributed by atoms with Crippen molar-refractivity contribution >= 4 is 23.5 Å². The molecule has 0 fully saturated rings. The zero-order valence-electron chi connectivity index (χ0n) is 12.6. The molecule has 24 heavy (non-hydrogen) atoms. The molecule has 0 atom stereocenters. The monoisotopic (exact) mass is 351 g/mol. The summed E-state index contributed by atoms with van der Waals surface area (Å²) in [5.41, 5.74) is 0.402. The van der Waals surface area contributed by atoms with E-state index < -0.39 is 18.5 Å². The summed E-state index contributed by atoms with van der Waals surface area (Å²) in [7, 11) is 0. The predicted molar refractivity (Wildman–Crippen MR) is 86.5 cm³/mol. The molecule has 2 N–H and O–H groups in total. The molecule has 2 aromatic carbocycles. The second-order valence-corrected chi connectivity index (χ2v) is 5.37. The largest absolute Gasteiger partial charge is 0.507 e. The Labute approximate surface area is 143 Å². The van der Waals surface area contributed by atoms with Crippen LogP contribution in [0.2, 0.25) is 5.02 Å². The number of carbonyl (C=O) groups excluding carboxylic acids is 2. The van der Waals surface area contributed by atoms with Crippen LogP contribution in [0.3, 0.4) is 0 Å². The summed E-state index contributed by atoms with van der Waals surface area (Å²) in [5, 5.41) is 12.4. The lowest BCUT2D eigenvalue weighted by Gasteiger charge is -2.08. The number of esters is 1. The summed E-state index contributed by atoms with van der Waals surface area (Å²) in [6.07, 6.45) is 0.324. The number of halogens is 2. The van der Waals surface area contributed by atoms with Crippen LogP contribution in [0.4, 0.5) is 4.39 Å². The first kappa shape index (κ1) is 17.7. The quantitative estimate of drug-likeness (QED) is 0.785. The third-order valence-corrected chi connectivity index (χ3v) is 3.42. The fourth-order valence-electron chi connectivity index (χ4n) is 1.98. The van der Waals surface area contributed by atoms with Crippen molar-refractivity contribution in [2.45, 2.75) is 6.42 Å². The number of aromatic hydroxyl groups is 1. The van der Waals surface area contributed by atoms with Crippen LogP contribution in [0.25, 0.3) is 0 Å². The lowest BCUT2D eigenvalue weighted by atomic mass is 10.1. The average molecular weight is 352 g/mol. The van der Waals surface area contributed by atoms with Crippen LogP contribution in [-0.4, -0.2) is 30.1 Å². The standard InChI is InChI=1S/C17H15ClFNO4/c18-12-5-6-13(15(21)9-12)17(23)24-10-16(22)20-8-7-11-3-1-2-4-14(11)19/h1-6,9,21H,7-8,10H2,(H,20,22). The number of nitrogens with one attached hydrogen (secondary N) is 1. The Morgan fingerprint density at radius 3 is 2.67 bits per heavy atom. The van der Waals surface area contributed by atoms with Gasteiger partial charge in [0.05, 0.1) is 0 Å². The molecule has 0 saturated heterocycles. The molecule has 0 saturated carbocycles. The van der Waals surface area contributed by atoms with E-state index in [-0.39, 0.29) is 28.7 Å². The van der Waals surface area contributed by atoms with Crippen LogP contribution in [0.5, 0.6) is 5.75 Å². The minimum absolute atomic E-state index is 0.0847. The third-order valence-electron chi connectivity index (χ3n) is 3.19. The first-order chi connectivity index (χ1) is 11.5. The molecule has 2 aromatic rings. The van der Waals surface area contributed by atoms with E-state index >= 15 is 0 Å². The maximum absolute atomic E-state index is 13.4. The topological polar surface area (TPSA) is 75.6 Å². The second kappa shape index (κ2) is 8.31. The van der Waals surface area contributed by atoms with Crippen molar-refractivity contribution in [3.05, 3.63) is 64.4 Å². The molecular formula is C17H15ClFNO4. The van der Waals surface area contributed by atoms with Gasteiger partial charge in [-0.2, -0.15) is 0 Å². The van der Waals surface area contributed by atoms with E-state index in [9.17, 15) is 19.1 Å². The first-order valence-corrected chi connectivity index (χ1v) is 7.51. The van der Waals surface area contributed by atoms with Crippen molar-refractivity contribution in [1.82, 2.24) is 5.32 Å². The molecule has 0 bridgehead atoms. The Balaban J connectivity index is 1.77. The Morgan fingerprint density at radius 2 is 1.96 bits per heavy atom. The average Bonchev–Trinajstić information content (AvgIpc) is 2.54. The highest BCUT2D eigenvalue weighted by Gasteiger charge is 2.14. The Morgan fingerprint density at radius 1 is 1.21 bits per heavy atom. The minimum Gasteiger partial charge on any atom is -0.507 e. The molecule has 0 radical (unpaired) electrons. The van der Waals surface area contributed by atoms with Gasteiger partial charge in [-0.15, -0.1) is 0 Å². The lowest BCUT2D eigenvalue weighted by Crippen LogP contribution is -2.30. The van der Waals surface area contributed by atoms with E-state index in [1.54, 1.807) is 18.2 Å². The number of hydrogen-bond acceptors (Lipinski definition) is 4. The highest BCUT2D eigenvalue weighted by Crippen LogP contribution is 2.22. The maximum Gasteiger partial charge on any atom is 0.342 e. The van der Waals surface area contributed by atoms with Gasteiger partial charge >= 0.3 is 5.97 Å². The summed E-state index contributed by atoms with van der Waals surface area (Å²) < 4.78 is 18.2. The van der Waals surface area contributed by atoms with Crippen molar-refractivity contribution in [1.29, 1.82) is 0 Å². The molecule has 0 aliphatic heterocycles. The smallest absolute Gasteiger partial charge is 0.342 e. The van der Waals surface area contributed by atoms with Crippen molar-refractivity contribution < 1.29 is 23.8 Å². The van der Waals surface area contributed by atoms with Gasteiger partial charge < -0.3 is 15.2 Å². The lowest BCUT2D eigenvalue weighted by molar-refractivity contribution is -0.124. The fraction of sp³-hybridized carbons (Fsp3) is 0.176. The number of rotatable bonds is 6. The number of benzene rings is 2. The van der Waals surface area contributed by atoms with Gasteiger partial charge in [0.15, 0.2) is 6.61 Å². The third kappa shape index (κ3) is 4.96. The van der Waals surface area contributed by atoms with Gasteiger partial charge in [-0.3, -0.25) is 4.79 Å². The van der Waals surface area contributed by atoms with Gasteiger partial charge in [0, 0.05) is 11.6 Å². The zero-order chi connectivity index (χ0) is 17.5. The van der Waals surface area contributed by atoms with Crippen molar-refractivity contribution in [3.63, 3.8) is 0 Å². The highest BCUT2D eigenvalue weighted by molar-refractivity contribution is 6.30. The molecule has 126 valence electrons. The van der Waals surface area contributed by atoms with E-state index in [0.29, 0.717) is 12.0 Å². The number of carbonyl (C=O) groups is 2. The molecule has 0 aromatic heterocycles. The Bertz CT molecular complexity index is 751. The van der Waals surface area contributed by atoms with Crippen LogP contribution in [-0.2, 0) is 16.0 Å². The normalized spacial score (nSPS) is 10.2. The first-order valence-electron chi connectivity index (χ1n) is 7.13. The van der Waals surface area contributed by atoms with Gasteiger partial charge in [0.25, 0.3) is 5.91 Å². The van der Waals surface area contributed by atoms with Crippen LogP contribution >= 0.6 is 11.6 Å². The van der Waals surface area contributed by atoms with Gasteiger partial charge in [-0.1, -0.05) is 29.8 Å². The van der Waals surface area contributed by atoms with Crippen LogP contribution in [0, 0.1) is 5.82 Å². The minimum atomic E-state index is -0.839. The van der Waals surface area contributed by atoms with Crippen LogP contribution in [0.15, 0.2) is 42.5 Å². The molecule has 2 rings (SSSR count). The SMILES string of the molecule is O=C(COC(=O)c1ccc(Cl)cc1O)NCCc1ccccc1F. The summed E-state index contributed by atoms with van der Waals surface area (Å²) in [6.45, 7) is -0.290. The fourth-order valence-corrected chi connectivity index (χ4v) is 2.14. The summed E-state index contributed by atoms with van der Waals surface area (Å²) in [4.78, 5) is 23.4. The molecule has 1 amide bonds. The Hall–Kier alpha value is -2.60. The van der Waals surface area contributed by atoms with E-state index in [1.165, 1.54) is 24.3 Å². The Kier molecular flexibility index (Phi) is 6.14. The highest BCUT2D eigenvalue weighted by atomic mass is 35.5. The van der Waals surface area contributed by atoms with Gasteiger partial charge in [-0.05, 0) is 36.2 Å². The molecule has 0 spiro atoms. The van der Waals surface area contributed by atoms with Gasteiger partial charge in [0.2, 0.25) is 0 Å². The van der Waals surface area contributed by atoms with Gasteiger partial charge in [-0.25, -0.2) is 9.18 Å². The van der Waals surface area contributed by atoms with E-state index in [1.807, 2.05) is 0 Å². The molecule has 5 nitrogen and oxygen atoms in total. The van der Waals surface area contributed by atoms with Crippen LogP contribution in [0.1, 0.15) is 15.9 Å². The van der Waals surface area contributed by atoms with Crippen molar-refractivity contribution in [2.24, 2.45) is 0 Å². The zero-order valence-corrected chi connectivity index (χ0v) is 13.3. The number of amides is 1. The molecule has 0 unspecified atom stereocenters. The number of phenols is 1. The molecule has 7 heteroatoms. The van der Waals surface area contributed by atoms with E-state index in [2.05, 4.69) is 5.32 Å². The molecule has 0 aliphatic rings. The second-order valence-electron chi connectivity index (χ2n) is 4.93. The molecule has 0 heterocycles. The number of hydrogen-bond donors (Lipinski definition) is 2. The van der Waals surface area contributed by atoms with Crippen molar-refractivity contribution in [2.75, 3.05) is 13.2 Å². The maximum atomic E-state index is 13.4.